The number of esters is 1. The summed E-state index contributed by atoms with van der Waals surface area (Å²) in [6.45, 7) is 4.25. The van der Waals surface area contributed by atoms with Gasteiger partial charge in [0.05, 0.1) is 18.4 Å². The predicted molar refractivity (Wildman–Crippen MR) is 97.0 cm³/mol. The summed E-state index contributed by atoms with van der Waals surface area (Å²) in [5.74, 6) is -3.21. The molecule has 0 saturated carbocycles. The highest BCUT2D eigenvalue weighted by Gasteiger charge is 2.55. The molecule has 0 radical (unpaired) electrons. The van der Waals surface area contributed by atoms with Gasteiger partial charge in [-0.25, -0.2) is 0 Å². The fourth-order valence-electron chi connectivity index (χ4n) is 4.60. The third kappa shape index (κ3) is 2.44. The van der Waals surface area contributed by atoms with Crippen LogP contribution in [0, 0.1) is 17.8 Å². The molecule has 0 aromatic heterocycles. The Balaban J connectivity index is 1.88. The van der Waals surface area contributed by atoms with Crippen LogP contribution in [0.5, 0.6) is 0 Å². The van der Waals surface area contributed by atoms with Crippen molar-refractivity contribution in [1.82, 2.24) is 0 Å². The van der Waals surface area contributed by atoms with Crippen LogP contribution in [0.4, 0.5) is 0 Å². The van der Waals surface area contributed by atoms with Gasteiger partial charge in [-0.15, -0.1) is 0 Å². The number of hydrogen-bond donors (Lipinski definition) is 1. The number of fused-ring (bicyclic) bond motifs is 1. The lowest BCUT2D eigenvalue weighted by molar-refractivity contribution is -0.161. The molecule has 0 unspecified atom stereocenters. The highest BCUT2D eigenvalue weighted by Crippen LogP contribution is 2.58. The molecule has 134 valence electrons. The van der Waals surface area contributed by atoms with Crippen molar-refractivity contribution in [2.45, 2.75) is 25.7 Å². The number of hydrogen-bond acceptors (Lipinski definition) is 3. The van der Waals surface area contributed by atoms with E-state index < -0.39 is 23.8 Å². The zero-order chi connectivity index (χ0) is 18.4. The molecule has 3 aliphatic carbocycles. The van der Waals surface area contributed by atoms with E-state index in [1.165, 1.54) is 0 Å². The molecule has 0 amide bonds. The van der Waals surface area contributed by atoms with Crippen LogP contribution in [0.15, 0.2) is 48.5 Å². The van der Waals surface area contributed by atoms with Crippen LogP contribution in [0.3, 0.4) is 0 Å². The Morgan fingerprint density at radius 1 is 0.885 bits per heavy atom. The van der Waals surface area contributed by atoms with Gasteiger partial charge in [0.15, 0.2) is 0 Å². The molecule has 2 bridgehead atoms. The fourth-order valence-corrected chi connectivity index (χ4v) is 4.60. The van der Waals surface area contributed by atoms with Crippen molar-refractivity contribution >= 4 is 11.9 Å². The SMILES string of the molecule is CC(C)COC(=O)[C@@H]1C2c3ccccc3C(c3ccccc32)[C@H]1C(=O)O. The van der Waals surface area contributed by atoms with Crippen molar-refractivity contribution < 1.29 is 19.4 Å². The van der Waals surface area contributed by atoms with Gasteiger partial charge in [-0.3, -0.25) is 9.59 Å². The largest absolute Gasteiger partial charge is 0.481 e. The number of carbonyl (C=O) groups excluding carboxylic acids is 1. The van der Waals surface area contributed by atoms with Crippen molar-refractivity contribution in [2.75, 3.05) is 6.61 Å². The van der Waals surface area contributed by atoms with E-state index in [4.69, 9.17) is 4.74 Å². The molecular weight excluding hydrogens is 328 g/mol. The first-order valence-electron chi connectivity index (χ1n) is 9.07. The zero-order valence-corrected chi connectivity index (χ0v) is 14.9. The molecule has 0 spiro atoms. The lowest BCUT2D eigenvalue weighted by Gasteiger charge is -2.47. The summed E-state index contributed by atoms with van der Waals surface area (Å²) in [4.78, 5) is 25.2. The number of rotatable bonds is 4. The average Bonchev–Trinajstić information content (AvgIpc) is 2.65. The van der Waals surface area contributed by atoms with Gasteiger partial charge in [-0.05, 0) is 28.2 Å². The summed E-state index contributed by atoms with van der Waals surface area (Å²) in [5.41, 5.74) is 4.16. The van der Waals surface area contributed by atoms with Crippen LogP contribution in [-0.2, 0) is 14.3 Å². The van der Waals surface area contributed by atoms with Gasteiger partial charge in [-0.2, -0.15) is 0 Å². The van der Waals surface area contributed by atoms with Crippen molar-refractivity contribution in [1.29, 1.82) is 0 Å². The molecule has 5 rings (SSSR count). The number of carboxylic acids is 1. The summed E-state index contributed by atoms with van der Waals surface area (Å²) in [6, 6.07) is 15.8. The Bertz CT molecular complexity index is 822. The molecule has 0 heterocycles. The van der Waals surface area contributed by atoms with Crippen LogP contribution in [0.2, 0.25) is 0 Å². The summed E-state index contributed by atoms with van der Waals surface area (Å²) in [5, 5.41) is 10.0. The van der Waals surface area contributed by atoms with E-state index in [-0.39, 0.29) is 17.8 Å². The number of ether oxygens (including phenoxy) is 1. The second-order valence-electron chi connectivity index (χ2n) is 7.63. The average molecular weight is 350 g/mol. The van der Waals surface area contributed by atoms with E-state index in [0.29, 0.717) is 6.61 Å². The van der Waals surface area contributed by atoms with Crippen LogP contribution < -0.4 is 0 Å². The second-order valence-corrected chi connectivity index (χ2v) is 7.63. The van der Waals surface area contributed by atoms with E-state index in [1.54, 1.807) is 0 Å². The first-order chi connectivity index (χ1) is 12.5. The fraction of sp³-hybridized carbons (Fsp3) is 0.364. The first-order valence-corrected chi connectivity index (χ1v) is 9.07. The minimum Gasteiger partial charge on any atom is -0.481 e. The van der Waals surface area contributed by atoms with Gasteiger partial charge in [0.2, 0.25) is 0 Å². The van der Waals surface area contributed by atoms with Crippen LogP contribution in [0.1, 0.15) is 47.9 Å². The molecule has 4 heteroatoms. The molecule has 0 aliphatic heterocycles. The standard InChI is InChI=1S/C22H22O4/c1-12(2)11-26-22(25)20-18-15-9-5-3-7-13(15)17(19(20)21(23)24)14-8-4-6-10-16(14)18/h3-10,12,17-20H,11H2,1-2H3,(H,23,24)/t17?,18?,19-,20-/m1/s1. The normalized spacial score (nSPS) is 25.5. The van der Waals surface area contributed by atoms with E-state index in [0.717, 1.165) is 22.3 Å². The van der Waals surface area contributed by atoms with Gasteiger partial charge in [0.1, 0.15) is 0 Å². The van der Waals surface area contributed by atoms with Gasteiger partial charge >= 0.3 is 11.9 Å². The van der Waals surface area contributed by atoms with E-state index in [1.807, 2.05) is 62.4 Å². The summed E-state index contributed by atoms with van der Waals surface area (Å²) >= 11 is 0. The van der Waals surface area contributed by atoms with E-state index in [9.17, 15) is 14.7 Å². The lowest BCUT2D eigenvalue weighted by atomic mass is 9.54. The Kier molecular flexibility index (Phi) is 4.06. The third-order valence-electron chi connectivity index (χ3n) is 5.55. The molecule has 2 aromatic carbocycles. The molecule has 0 fully saturated rings. The number of benzene rings is 2. The van der Waals surface area contributed by atoms with E-state index in [2.05, 4.69) is 0 Å². The Morgan fingerprint density at radius 2 is 1.31 bits per heavy atom. The van der Waals surface area contributed by atoms with Crippen molar-refractivity contribution in [3.05, 3.63) is 70.8 Å². The maximum Gasteiger partial charge on any atom is 0.310 e. The molecule has 4 nitrogen and oxygen atoms in total. The molecule has 2 aromatic rings. The number of carboxylic acid groups (broad SMARTS) is 1. The first kappa shape index (κ1) is 16.8. The summed E-state index contributed by atoms with van der Waals surface area (Å²) < 4.78 is 5.50. The monoisotopic (exact) mass is 350 g/mol. The predicted octanol–water partition coefficient (Wildman–Crippen LogP) is 3.79. The molecular formula is C22H22O4. The molecule has 0 saturated heterocycles. The topological polar surface area (TPSA) is 63.6 Å². The summed E-state index contributed by atoms with van der Waals surface area (Å²) in [6.07, 6.45) is 0. The zero-order valence-electron chi connectivity index (χ0n) is 14.9. The van der Waals surface area contributed by atoms with E-state index >= 15 is 0 Å². The molecule has 26 heavy (non-hydrogen) atoms. The molecule has 2 atom stereocenters. The summed E-state index contributed by atoms with van der Waals surface area (Å²) in [7, 11) is 0. The Hall–Kier alpha value is -2.62. The Labute approximate surface area is 152 Å². The Morgan fingerprint density at radius 3 is 1.69 bits per heavy atom. The number of carbonyl (C=O) groups is 2. The van der Waals surface area contributed by atoms with Gasteiger partial charge in [0.25, 0.3) is 0 Å². The maximum absolute atomic E-state index is 12.9. The number of aliphatic carboxylic acids is 1. The highest BCUT2D eigenvalue weighted by molar-refractivity contribution is 5.87. The van der Waals surface area contributed by atoms with Gasteiger partial charge in [0, 0.05) is 11.8 Å². The lowest BCUT2D eigenvalue weighted by Crippen LogP contribution is -2.47. The second kappa shape index (κ2) is 6.27. The maximum atomic E-state index is 12.9. The highest BCUT2D eigenvalue weighted by atomic mass is 16.5. The minimum atomic E-state index is -0.935. The van der Waals surface area contributed by atoms with Gasteiger partial charge < -0.3 is 9.84 Å². The van der Waals surface area contributed by atoms with Crippen LogP contribution in [0.25, 0.3) is 0 Å². The quantitative estimate of drug-likeness (QED) is 0.852. The smallest absolute Gasteiger partial charge is 0.310 e. The van der Waals surface area contributed by atoms with Gasteiger partial charge in [-0.1, -0.05) is 62.4 Å². The van der Waals surface area contributed by atoms with Crippen LogP contribution in [-0.4, -0.2) is 23.7 Å². The van der Waals surface area contributed by atoms with Crippen LogP contribution >= 0.6 is 0 Å². The van der Waals surface area contributed by atoms with Crippen molar-refractivity contribution in [2.24, 2.45) is 17.8 Å². The van der Waals surface area contributed by atoms with Crippen molar-refractivity contribution in [3.8, 4) is 0 Å². The minimum absolute atomic E-state index is 0.211. The van der Waals surface area contributed by atoms with Crippen molar-refractivity contribution in [3.63, 3.8) is 0 Å². The molecule has 3 aliphatic rings. The third-order valence-corrected chi connectivity index (χ3v) is 5.55. The molecule has 1 N–H and O–H groups in total.